The molecule has 0 amide bonds. The number of nitrogens with zero attached hydrogens (tertiary/aromatic N) is 4. The molecule has 5 rings (SSSR count). The number of rotatable bonds is 4. The van der Waals surface area contributed by atoms with Gasteiger partial charge in [0, 0.05) is 27.1 Å². The van der Waals surface area contributed by atoms with Crippen molar-refractivity contribution in [3.05, 3.63) is 69.0 Å². The maximum atomic E-state index is 6.59. The Morgan fingerprint density at radius 3 is 2.19 bits per heavy atom. The fourth-order valence-corrected chi connectivity index (χ4v) is 5.79. The lowest BCUT2D eigenvalue weighted by Gasteiger charge is -2.36. The smallest absolute Gasteiger partial charge is 0.268 e. The molecule has 0 saturated heterocycles. The summed E-state index contributed by atoms with van der Waals surface area (Å²) >= 11 is 18.9. The predicted octanol–water partition coefficient (Wildman–Crippen LogP) is 9.18. The van der Waals surface area contributed by atoms with Crippen molar-refractivity contribution >= 4 is 34.8 Å². The molecule has 5 nitrogen and oxygen atoms in total. The number of hydrogen-bond acceptors (Lipinski definition) is 4. The van der Waals surface area contributed by atoms with E-state index in [-0.39, 0.29) is 5.92 Å². The van der Waals surface area contributed by atoms with Crippen molar-refractivity contribution in [2.24, 2.45) is 11.3 Å². The number of halogens is 3. The highest BCUT2D eigenvalue weighted by molar-refractivity contribution is 6.35. The molecule has 0 bridgehead atoms. The van der Waals surface area contributed by atoms with E-state index >= 15 is 0 Å². The van der Waals surface area contributed by atoms with Crippen molar-refractivity contribution in [1.82, 2.24) is 20.0 Å². The molecule has 1 aliphatic carbocycles. The summed E-state index contributed by atoms with van der Waals surface area (Å²) in [5, 5.41) is 15.5. The summed E-state index contributed by atoms with van der Waals surface area (Å²) < 4.78 is 8.06. The van der Waals surface area contributed by atoms with Crippen LogP contribution in [0.3, 0.4) is 0 Å². The Bertz CT molecular complexity index is 1380. The maximum absolute atomic E-state index is 6.59. The summed E-state index contributed by atoms with van der Waals surface area (Å²) in [5.41, 5.74) is 4.40. The van der Waals surface area contributed by atoms with Gasteiger partial charge in [0.1, 0.15) is 0 Å². The van der Waals surface area contributed by atoms with Gasteiger partial charge in [-0.25, -0.2) is 4.68 Å². The van der Waals surface area contributed by atoms with Crippen LogP contribution >= 0.6 is 34.8 Å². The van der Waals surface area contributed by atoms with Crippen LogP contribution in [0.5, 0.6) is 0 Å². The summed E-state index contributed by atoms with van der Waals surface area (Å²) in [6, 6.07) is 13.0. The van der Waals surface area contributed by atoms with Gasteiger partial charge in [-0.05, 0) is 74.3 Å². The van der Waals surface area contributed by atoms with Gasteiger partial charge in [0.05, 0.1) is 16.4 Å². The van der Waals surface area contributed by atoms with Crippen molar-refractivity contribution in [3.63, 3.8) is 0 Å². The molecular formula is C28H29Cl3N4O. The standard InChI is InChI=1S/C28H29Cl3N4O/c1-16-24(27-33-32-26(36-27)18-5-9-19(10-6-18)28(2,3)4)34-35(23-14-13-21(30)15-22(23)31)25(16)17-7-11-20(29)12-8-17/h7-8,11-15,18-19H,5-6,9-10H2,1-4H3. The zero-order valence-corrected chi connectivity index (χ0v) is 23.1. The van der Waals surface area contributed by atoms with Gasteiger partial charge in [0.2, 0.25) is 5.89 Å². The highest BCUT2D eigenvalue weighted by Gasteiger charge is 2.33. The first-order valence-electron chi connectivity index (χ1n) is 12.3. The van der Waals surface area contributed by atoms with Gasteiger partial charge in [-0.2, -0.15) is 5.10 Å². The molecule has 0 radical (unpaired) electrons. The van der Waals surface area contributed by atoms with E-state index in [9.17, 15) is 0 Å². The van der Waals surface area contributed by atoms with Crippen LogP contribution in [0.1, 0.15) is 63.8 Å². The minimum Gasteiger partial charge on any atom is -0.419 e. The summed E-state index contributed by atoms with van der Waals surface area (Å²) in [4.78, 5) is 0. The maximum Gasteiger partial charge on any atom is 0.268 e. The van der Waals surface area contributed by atoms with Crippen LogP contribution in [0.4, 0.5) is 0 Å². The van der Waals surface area contributed by atoms with Gasteiger partial charge in [0.15, 0.2) is 5.69 Å². The van der Waals surface area contributed by atoms with E-state index in [0.29, 0.717) is 43.6 Å². The average Bonchev–Trinajstić information content (AvgIpc) is 3.44. The normalized spacial score (nSPS) is 18.5. The Labute approximate surface area is 226 Å². The quantitative estimate of drug-likeness (QED) is 0.257. The van der Waals surface area contributed by atoms with Gasteiger partial charge in [0.25, 0.3) is 5.89 Å². The van der Waals surface area contributed by atoms with Crippen molar-refractivity contribution in [1.29, 1.82) is 0 Å². The van der Waals surface area contributed by atoms with E-state index in [1.165, 1.54) is 12.8 Å². The van der Waals surface area contributed by atoms with Gasteiger partial charge < -0.3 is 4.42 Å². The molecule has 36 heavy (non-hydrogen) atoms. The summed E-state index contributed by atoms with van der Waals surface area (Å²) in [6.45, 7) is 8.98. The van der Waals surface area contributed by atoms with E-state index in [0.717, 1.165) is 35.6 Å². The van der Waals surface area contributed by atoms with Crippen molar-refractivity contribution in [2.75, 3.05) is 0 Å². The second-order valence-electron chi connectivity index (χ2n) is 10.7. The van der Waals surface area contributed by atoms with E-state index in [4.69, 9.17) is 44.3 Å². The predicted molar refractivity (Wildman–Crippen MR) is 146 cm³/mol. The third kappa shape index (κ3) is 4.93. The summed E-state index contributed by atoms with van der Waals surface area (Å²) in [5.74, 6) is 2.12. The van der Waals surface area contributed by atoms with Gasteiger partial charge >= 0.3 is 0 Å². The summed E-state index contributed by atoms with van der Waals surface area (Å²) in [6.07, 6.45) is 4.48. The molecule has 1 fully saturated rings. The van der Waals surface area contributed by atoms with Crippen LogP contribution in [0.15, 0.2) is 46.9 Å². The molecule has 0 aliphatic heterocycles. The molecule has 2 aromatic heterocycles. The monoisotopic (exact) mass is 542 g/mol. The van der Waals surface area contributed by atoms with Crippen molar-refractivity contribution < 1.29 is 4.42 Å². The Hall–Kier alpha value is -2.34. The van der Waals surface area contributed by atoms with Crippen LogP contribution in [-0.4, -0.2) is 20.0 Å². The lowest BCUT2D eigenvalue weighted by Crippen LogP contribution is -2.25. The molecular weight excluding hydrogens is 515 g/mol. The SMILES string of the molecule is Cc1c(-c2nnc(C3CCC(C(C)(C)C)CC3)o2)nn(-c2ccc(Cl)cc2Cl)c1-c1ccc(Cl)cc1. The molecule has 188 valence electrons. The molecule has 1 aliphatic rings. The van der Waals surface area contributed by atoms with Gasteiger partial charge in [-0.3, -0.25) is 0 Å². The molecule has 4 aromatic rings. The Morgan fingerprint density at radius 1 is 0.889 bits per heavy atom. The second kappa shape index (κ2) is 9.85. The molecule has 2 heterocycles. The first-order valence-corrected chi connectivity index (χ1v) is 13.4. The molecule has 0 spiro atoms. The third-order valence-corrected chi connectivity index (χ3v) is 8.11. The van der Waals surface area contributed by atoms with Crippen molar-refractivity contribution in [2.45, 2.75) is 59.3 Å². The highest BCUT2D eigenvalue weighted by atomic mass is 35.5. The first kappa shape index (κ1) is 25.3. The van der Waals surface area contributed by atoms with E-state index in [1.54, 1.807) is 12.1 Å². The van der Waals surface area contributed by atoms with E-state index in [2.05, 4.69) is 31.0 Å². The van der Waals surface area contributed by atoms with Crippen LogP contribution < -0.4 is 0 Å². The Kier molecular flexibility index (Phi) is 6.92. The van der Waals surface area contributed by atoms with Crippen LogP contribution in [0, 0.1) is 18.3 Å². The first-order chi connectivity index (χ1) is 17.1. The number of aromatic nitrogens is 4. The Balaban J connectivity index is 1.53. The number of benzene rings is 2. The molecule has 0 atom stereocenters. The Morgan fingerprint density at radius 2 is 1.56 bits per heavy atom. The highest BCUT2D eigenvalue weighted by Crippen LogP contribution is 2.43. The number of hydrogen-bond donors (Lipinski definition) is 0. The second-order valence-corrected chi connectivity index (χ2v) is 12.0. The van der Waals surface area contributed by atoms with Crippen LogP contribution in [0.25, 0.3) is 28.5 Å². The molecule has 2 aromatic carbocycles. The molecule has 0 unspecified atom stereocenters. The molecule has 1 saturated carbocycles. The largest absolute Gasteiger partial charge is 0.419 e. The minimum atomic E-state index is 0.286. The average molecular weight is 544 g/mol. The fraction of sp³-hybridized carbons (Fsp3) is 0.393. The third-order valence-electron chi connectivity index (χ3n) is 7.32. The van der Waals surface area contributed by atoms with Crippen LogP contribution in [-0.2, 0) is 0 Å². The van der Waals surface area contributed by atoms with E-state index < -0.39 is 0 Å². The van der Waals surface area contributed by atoms with Gasteiger partial charge in [-0.15, -0.1) is 10.2 Å². The summed E-state index contributed by atoms with van der Waals surface area (Å²) in [7, 11) is 0. The topological polar surface area (TPSA) is 56.7 Å². The zero-order chi connectivity index (χ0) is 25.6. The lowest BCUT2D eigenvalue weighted by atomic mass is 9.70. The van der Waals surface area contributed by atoms with Crippen molar-refractivity contribution in [3.8, 4) is 28.5 Å². The molecule has 8 heteroatoms. The fourth-order valence-electron chi connectivity index (χ4n) is 5.17. The lowest BCUT2D eigenvalue weighted by molar-refractivity contribution is 0.162. The van der Waals surface area contributed by atoms with Crippen LogP contribution in [0.2, 0.25) is 15.1 Å². The molecule has 0 N–H and O–H groups in total. The van der Waals surface area contributed by atoms with E-state index in [1.807, 2.05) is 41.9 Å². The van der Waals surface area contributed by atoms with Gasteiger partial charge in [-0.1, -0.05) is 67.7 Å². The minimum absolute atomic E-state index is 0.286. The zero-order valence-electron chi connectivity index (χ0n) is 20.9.